The van der Waals surface area contributed by atoms with Crippen molar-refractivity contribution in [2.24, 2.45) is 5.41 Å². The predicted molar refractivity (Wildman–Crippen MR) is 164 cm³/mol. The number of carbonyl (C=O) groups excluding carboxylic acids is 3. The Hall–Kier alpha value is -0.210. The quantitative estimate of drug-likeness (QED) is 0.109. The maximum Gasteiger partial charge on any atom is 0.268 e. The Morgan fingerprint density at radius 1 is 0.619 bits per heavy atom. The average Bonchev–Trinajstić information content (AvgIpc) is 3.67. The molecule has 0 bridgehead atoms. The molecule has 12 nitrogen and oxygen atoms in total. The Morgan fingerprint density at radius 3 is 1.02 bits per heavy atom. The van der Waals surface area contributed by atoms with E-state index < -0.39 is 107 Å². The maximum absolute atomic E-state index is 13.2. The van der Waals surface area contributed by atoms with E-state index in [1.54, 1.807) is 6.92 Å². The molecule has 6 unspecified atom stereocenters. The van der Waals surface area contributed by atoms with Crippen molar-refractivity contribution in [3.8, 4) is 0 Å². The highest BCUT2D eigenvalue weighted by atomic mass is 32.2. The lowest BCUT2D eigenvalue weighted by Crippen LogP contribution is -2.35. The molecule has 3 aliphatic rings. The van der Waals surface area contributed by atoms with Crippen LogP contribution in [0.1, 0.15) is 71.1 Å². The summed E-state index contributed by atoms with van der Waals surface area (Å²) in [5.74, 6) is 0.242. The van der Waals surface area contributed by atoms with Gasteiger partial charge in [-0.3, -0.25) is 28.0 Å². The van der Waals surface area contributed by atoms with Gasteiger partial charge in [0.2, 0.25) is 0 Å². The van der Waals surface area contributed by atoms with Crippen LogP contribution in [0.15, 0.2) is 0 Å². The van der Waals surface area contributed by atoms with E-state index in [4.69, 9.17) is 0 Å². The van der Waals surface area contributed by atoms with Gasteiger partial charge in [0.05, 0.1) is 15.7 Å². The van der Waals surface area contributed by atoms with E-state index in [0.29, 0.717) is 17.3 Å². The molecule has 0 saturated carbocycles. The zero-order chi connectivity index (χ0) is 31.5. The van der Waals surface area contributed by atoms with Gasteiger partial charge in [-0.1, -0.05) is 6.92 Å². The first-order chi connectivity index (χ1) is 19.3. The van der Waals surface area contributed by atoms with Gasteiger partial charge in [0.25, 0.3) is 30.4 Å². The minimum Gasteiger partial charge on any atom is -0.300 e. The van der Waals surface area contributed by atoms with E-state index in [1.807, 2.05) is 0 Å². The first-order valence-electron chi connectivity index (χ1n) is 13.6. The van der Waals surface area contributed by atoms with Gasteiger partial charge in [-0.2, -0.15) is 60.5 Å². The highest BCUT2D eigenvalue weighted by molar-refractivity contribution is 8.07. The van der Waals surface area contributed by atoms with Crippen molar-refractivity contribution in [3.63, 3.8) is 0 Å². The Balaban J connectivity index is 1.80. The summed E-state index contributed by atoms with van der Waals surface area (Å²) in [5, 5.41) is -4.09. The number of rotatable bonds is 22. The summed E-state index contributed by atoms with van der Waals surface area (Å²) >= 11 is 4.46. The smallest absolute Gasteiger partial charge is 0.268 e. The molecule has 0 spiro atoms. The van der Waals surface area contributed by atoms with Gasteiger partial charge < -0.3 is 0 Å². The second-order valence-electron chi connectivity index (χ2n) is 11.6. The van der Waals surface area contributed by atoms with E-state index >= 15 is 0 Å². The number of Topliss-reactive ketones (excluding diaryl/α,β-unsaturated/α-hetero) is 3. The highest BCUT2D eigenvalue weighted by Gasteiger charge is 2.42. The molecule has 0 aliphatic carbocycles. The third-order valence-electron chi connectivity index (χ3n) is 7.88. The van der Waals surface area contributed by atoms with Crippen molar-refractivity contribution in [1.82, 2.24) is 0 Å². The fraction of sp³-hybridized carbons (Fsp3) is 0.875. The molecule has 3 heterocycles. The second kappa shape index (κ2) is 14.5. The topological polar surface area (TPSA) is 214 Å². The Labute approximate surface area is 260 Å². The number of hydrogen-bond donors (Lipinski definition) is 3. The van der Waals surface area contributed by atoms with Crippen LogP contribution in [0.5, 0.6) is 0 Å². The van der Waals surface area contributed by atoms with Crippen molar-refractivity contribution < 1.29 is 53.3 Å². The molecule has 0 radical (unpaired) electrons. The van der Waals surface area contributed by atoms with Crippen LogP contribution in [0, 0.1) is 5.41 Å². The fourth-order valence-corrected chi connectivity index (χ4v) is 10.1. The van der Waals surface area contributed by atoms with E-state index in [2.05, 4.69) is 0 Å². The molecular weight excluding hydrogens is 673 g/mol. The predicted octanol–water partition coefficient (Wildman–Crippen LogP) is 2.72. The number of thioether (sulfide) groups is 3. The molecular formula is C24H38O12S6. The van der Waals surface area contributed by atoms with Crippen LogP contribution in [0.3, 0.4) is 0 Å². The van der Waals surface area contributed by atoms with E-state index in [9.17, 15) is 53.3 Å². The molecule has 0 aromatic heterocycles. The molecule has 242 valence electrons. The molecule has 42 heavy (non-hydrogen) atoms. The average molecular weight is 711 g/mol. The van der Waals surface area contributed by atoms with Crippen LogP contribution >= 0.6 is 35.3 Å². The zero-order valence-electron chi connectivity index (χ0n) is 23.1. The largest absolute Gasteiger partial charge is 0.300 e. The van der Waals surface area contributed by atoms with Gasteiger partial charge in [0.15, 0.2) is 0 Å². The Bertz CT molecular complexity index is 1170. The lowest BCUT2D eigenvalue weighted by atomic mass is 9.71. The molecule has 18 heteroatoms. The van der Waals surface area contributed by atoms with Gasteiger partial charge in [0, 0.05) is 71.5 Å². The van der Waals surface area contributed by atoms with Crippen molar-refractivity contribution in [3.05, 3.63) is 0 Å². The highest BCUT2D eigenvalue weighted by Crippen LogP contribution is 2.42. The minimum atomic E-state index is -4.56. The SMILES string of the molecule is CCC(CC(=O)CC(CC1CS1)S(=O)(=O)O)(CC(=O)CC(CC1CS1)S(=O)(=O)O)CC(=O)CC(CC1CS1)S(=O)(=O)O. The summed E-state index contributed by atoms with van der Waals surface area (Å²) < 4.78 is 101. The van der Waals surface area contributed by atoms with Crippen molar-refractivity contribution in [2.45, 2.75) is 103 Å². The van der Waals surface area contributed by atoms with Gasteiger partial charge in [-0.05, 0) is 31.1 Å². The Morgan fingerprint density at radius 2 is 0.857 bits per heavy atom. The number of hydrogen-bond acceptors (Lipinski definition) is 12. The first-order valence-corrected chi connectivity index (χ1v) is 21.2. The van der Waals surface area contributed by atoms with Crippen LogP contribution in [0.4, 0.5) is 0 Å². The van der Waals surface area contributed by atoms with Gasteiger partial charge in [0.1, 0.15) is 17.3 Å². The molecule has 3 N–H and O–H groups in total. The van der Waals surface area contributed by atoms with Crippen molar-refractivity contribution in [1.29, 1.82) is 0 Å². The summed E-state index contributed by atoms with van der Waals surface area (Å²) in [7, 11) is -13.7. The van der Waals surface area contributed by atoms with Crippen LogP contribution in [-0.4, -0.2) is 105 Å². The maximum atomic E-state index is 13.2. The third kappa shape index (κ3) is 12.7. The molecule has 0 aromatic carbocycles. The first kappa shape index (κ1) is 36.3. The van der Waals surface area contributed by atoms with Gasteiger partial charge in [-0.25, -0.2) is 0 Å². The van der Waals surface area contributed by atoms with Crippen LogP contribution < -0.4 is 0 Å². The molecule has 0 amide bonds. The lowest BCUT2D eigenvalue weighted by molar-refractivity contribution is -0.128. The Kier molecular flexibility index (Phi) is 12.5. The molecule has 6 atom stereocenters. The molecule has 3 aliphatic heterocycles. The van der Waals surface area contributed by atoms with Crippen molar-refractivity contribution >= 4 is 83.0 Å². The summed E-state index contributed by atoms with van der Waals surface area (Å²) in [6.07, 6.45) is -2.67. The number of ketones is 3. The van der Waals surface area contributed by atoms with E-state index in [0.717, 1.165) is 0 Å². The molecule has 0 aromatic rings. The summed E-state index contributed by atoms with van der Waals surface area (Å²) in [5.41, 5.74) is -1.39. The van der Waals surface area contributed by atoms with Crippen LogP contribution in [-0.2, 0) is 44.7 Å². The van der Waals surface area contributed by atoms with Crippen LogP contribution in [0.2, 0.25) is 0 Å². The molecule has 3 saturated heterocycles. The fourth-order valence-electron chi connectivity index (χ4n) is 5.22. The standard InChI is InChI=1S/C24H38O12S6/c1-2-24(9-15(25)3-21(40(28,29)30)6-18-12-37-18,10-16(26)4-22(41(31,32)33)7-19-13-38-19)11-17(27)5-23(42(34,35)36)8-20-14-39-20/h18-23H,2-14H2,1H3,(H,28,29,30)(H,31,32,33)(H,34,35,36). The normalized spacial score (nSPS) is 25.6. The second-order valence-corrected chi connectivity index (χ2v) is 20.7. The molecule has 3 fully saturated rings. The summed E-state index contributed by atoms with van der Waals surface area (Å²) in [6.45, 7) is 1.61. The van der Waals surface area contributed by atoms with Gasteiger partial charge in [-0.15, -0.1) is 0 Å². The van der Waals surface area contributed by atoms with E-state index in [1.165, 1.54) is 35.3 Å². The van der Waals surface area contributed by atoms with Crippen molar-refractivity contribution in [2.75, 3.05) is 17.3 Å². The van der Waals surface area contributed by atoms with Gasteiger partial charge >= 0.3 is 0 Å². The summed E-state index contributed by atoms with van der Waals surface area (Å²) in [6, 6.07) is 0. The zero-order valence-corrected chi connectivity index (χ0v) is 28.0. The number of carbonyl (C=O) groups is 3. The van der Waals surface area contributed by atoms with Crippen LogP contribution in [0.25, 0.3) is 0 Å². The molecule has 3 rings (SSSR count). The lowest BCUT2D eigenvalue weighted by Gasteiger charge is -2.32. The summed E-state index contributed by atoms with van der Waals surface area (Å²) in [4.78, 5) is 39.7. The van der Waals surface area contributed by atoms with E-state index in [-0.39, 0.29) is 41.4 Å². The third-order valence-corrected chi connectivity index (χ3v) is 14.5. The minimum absolute atomic E-state index is 0.00666. The monoisotopic (exact) mass is 710 g/mol.